The van der Waals surface area contributed by atoms with E-state index in [1.807, 2.05) is 36.4 Å². The number of carbonyl (C=O) groups is 4. The van der Waals surface area contributed by atoms with E-state index in [0.29, 0.717) is 22.0 Å². The van der Waals surface area contributed by atoms with Crippen LogP contribution in [0.4, 0.5) is 11.4 Å². The van der Waals surface area contributed by atoms with E-state index >= 15 is 0 Å². The third kappa shape index (κ3) is 5.58. The van der Waals surface area contributed by atoms with Crippen LogP contribution in [-0.4, -0.2) is 34.6 Å². The van der Waals surface area contributed by atoms with Crippen molar-refractivity contribution < 1.29 is 19.2 Å². The van der Waals surface area contributed by atoms with Gasteiger partial charge < -0.3 is 10.2 Å². The number of hydrogen-bond acceptors (Lipinski definition) is 4. The molecule has 1 unspecified atom stereocenters. The molecule has 0 saturated carbocycles. The molecular weight excluding hydrogens is 466 g/mol. The molecule has 8 heteroatoms. The number of imide groups is 1. The number of benzene rings is 3. The van der Waals surface area contributed by atoms with Crippen LogP contribution in [0.1, 0.15) is 24.5 Å². The second kappa shape index (κ2) is 10.5. The molecule has 1 atom stereocenters. The zero-order valence-electron chi connectivity index (χ0n) is 19.1. The zero-order chi connectivity index (χ0) is 24.9. The molecule has 0 radical (unpaired) electrons. The van der Waals surface area contributed by atoms with Crippen molar-refractivity contribution in [1.82, 2.24) is 4.90 Å². The van der Waals surface area contributed by atoms with Gasteiger partial charge in [-0.2, -0.15) is 0 Å². The van der Waals surface area contributed by atoms with Gasteiger partial charge in [0.15, 0.2) is 0 Å². The number of hydrogen-bond donors (Lipinski definition) is 1. The Morgan fingerprint density at radius 1 is 0.971 bits per heavy atom. The first kappa shape index (κ1) is 24.2. The van der Waals surface area contributed by atoms with E-state index in [-0.39, 0.29) is 31.2 Å². The molecule has 1 aliphatic rings. The van der Waals surface area contributed by atoms with Gasteiger partial charge in [-0.1, -0.05) is 60.1 Å². The lowest BCUT2D eigenvalue weighted by Gasteiger charge is -2.28. The Balaban J connectivity index is 1.61. The van der Waals surface area contributed by atoms with Gasteiger partial charge in [0.05, 0.1) is 18.5 Å². The lowest BCUT2D eigenvalue weighted by molar-refractivity contribution is -0.138. The van der Waals surface area contributed by atoms with E-state index in [9.17, 15) is 19.2 Å². The van der Waals surface area contributed by atoms with Crippen LogP contribution < -0.4 is 10.2 Å². The van der Waals surface area contributed by atoms with E-state index in [1.165, 1.54) is 11.8 Å². The molecule has 1 N–H and O–H groups in total. The summed E-state index contributed by atoms with van der Waals surface area (Å²) in [5.41, 5.74) is 2.43. The molecule has 0 aromatic heterocycles. The highest BCUT2D eigenvalue weighted by Gasteiger charge is 2.44. The summed E-state index contributed by atoms with van der Waals surface area (Å²) in [5.74, 6) is -1.37. The van der Waals surface area contributed by atoms with E-state index < -0.39 is 17.9 Å². The minimum Gasteiger partial charge on any atom is -0.326 e. The summed E-state index contributed by atoms with van der Waals surface area (Å²) in [4.78, 5) is 53.6. The molecule has 0 aliphatic carbocycles. The quantitative estimate of drug-likeness (QED) is 0.504. The number of amides is 4. The Morgan fingerprint density at radius 2 is 1.63 bits per heavy atom. The fourth-order valence-electron chi connectivity index (χ4n) is 4.08. The topological polar surface area (TPSA) is 86.8 Å². The average Bonchev–Trinajstić information content (AvgIpc) is 3.12. The molecule has 178 valence electrons. The number of rotatable bonds is 7. The second-order valence-electron chi connectivity index (χ2n) is 8.29. The number of nitrogens with one attached hydrogen (secondary N) is 1. The van der Waals surface area contributed by atoms with Crippen molar-refractivity contribution >= 4 is 46.6 Å². The van der Waals surface area contributed by atoms with Gasteiger partial charge in [-0.3, -0.25) is 19.2 Å². The SMILES string of the molecule is CC(=O)Nc1ccc(N2C(=O)CC(N(Cc3ccccc3Cl)C(=O)Cc3ccccc3)C2=O)cc1. The predicted octanol–water partition coefficient (Wildman–Crippen LogP) is 4.20. The third-order valence-corrected chi connectivity index (χ3v) is 6.13. The van der Waals surface area contributed by atoms with Gasteiger partial charge in [0.1, 0.15) is 6.04 Å². The Morgan fingerprint density at radius 3 is 2.29 bits per heavy atom. The van der Waals surface area contributed by atoms with Crippen LogP contribution in [0.3, 0.4) is 0 Å². The van der Waals surface area contributed by atoms with Crippen LogP contribution in [0.15, 0.2) is 78.9 Å². The summed E-state index contributed by atoms with van der Waals surface area (Å²) in [5, 5.41) is 3.13. The highest BCUT2D eigenvalue weighted by molar-refractivity contribution is 6.31. The van der Waals surface area contributed by atoms with Crippen molar-refractivity contribution in [3.8, 4) is 0 Å². The number of anilines is 2. The molecule has 1 heterocycles. The first-order valence-corrected chi connectivity index (χ1v) is 11.5. The predicted molar refractivity (Wildman–Crippen MR) is 134 cm³/mol. The maximum Gasteiger partial charge on any atom is 0.257 e. The van der Waals surface area contributed by atoms with Crippen LogP contribution in [0, 0.1) is 0 Å². The number of halogens is 1. The van der Waals surface area contributed by atoms with Gasteiger partial charge in [-0.05, 0) is 41.5 Å². The molecule has 35 heavy (non-hydrogen) atoms. The molecule has 1 aliphatic heterocycles. The van der Waals surface area contributed by atoms with E-state index in [0.717, 1.165) is 10.5 Å². The fourth-order valence-corrected chi connectivity index (χ4v) is 4.28. The molecule has 1 fully saturated rings. The Bertz CT molecular complexity index is 1260. The monoisotopic (exact) mass is 489 g/mol. The van der Waals surface area contributed by atoms with Crippen molar-refractivity contribution in [3.63, 3.8) is 0 Å². The smallest absolute Gasteiger partial charge is 0.257 e. The highest BCUT2D eigenvalue weighted by Crippen LogP contribution is 2.29. The Kier molecular flexibility index (Phi) is 7.27. The van der Waals surface area contributed by atoms with Crippen molar-refractivity contribution in [2.45, 2.75) is 32.4 Å². The maximum atomic E-state index is 13.5. The number of nitrogens with zero attached hydrogens (tertiary/aromatic N) is 2. The Labute approximate surface area is 208 Å². The van der Waals surface area contributed by atoms with Gasteiger partial charge >= 0.3 is 0 Å². The molecule has 7 nitrogen and oxygen atoms in total. The molecule has 0 spiro atoms. The normalized spacial score (nSPS) is 15.3. The first-order chi connectivity index (χ1) is 16.8. The highest BCUT2D eigenvalue weighted by atomic mass is 35.5. The fraction of sp³-hybridized carbons (Fsp3) is 0.185. The van der Waals surface area contributed by atoms with Gasteiger partial charge in [-0.15, -0.1) is 0 Å². The summed E-state index contributed by atoms with van der Waals surface area (Å²) >= 11 is 6.35. The van der Waals surface area contributed by atoms with Crippen molar-refractivity contribution in [2.24, 2.45) is 0 Å². The van der Waals surface area contributed by atoms with E-state index in [1.54, 1.807) is 42.5 Å². The lowest BCUT2D eigenvalue weighted by atomic mass is 10.1. The molecule has 3 aromatic carbocycles. The van der Waals surface area contributed by atoms with E-state index in [2.05, 4.69) is 5.32 Å². The maximum absolute atomic E-state index is 13.5. The van der Waals surface area contributed by atoms with Gasteiger partial charge in [-0.25, -0.2) is 4.90 Å². The van der Waals surface area contributed by atoms with Crippen LogP contribution in [0.25, 0.3) is 0 Å². The third-order valence-electron chi connectivity index (χ3n) is 5.76. The van der Waals surface area contributed by atoms with Crippen molar-refractivity contribution in [1.29, 1.82) is 0 Å². The zero-order valence-corrected chi connectivity index (χ0v) is 19.9. The van der Waals surface area contributed by atoms with Gasteiger partial charge in [0, 0.05) is 24.2 Å². The number of carbonyl (C=O) groups excluding carboxylic acids is 4. The molecule has 0 bridgehead atoms. The lowest BCUT2D eigenvalue weighted by Crippen LogP contribution is -2.45. The molecule has 1 saturated heterocycles. The Hall–Kier alpha value is -3.97. The van der Waals surface area contributed by atoms with Crippen LogP contribution in [0.2, 0.25) is 5.02 Å². The largest absolute Gasteiger partial charge is 0.326 e. The summed E-state index contributed by atoms with van der Waals surface area (Å²) < 4.78 is 0. The molecule has 3 aromatic rings. The van der Waals surface area contributed by atoms with Crippen LogP contribution in [-0.2, 0) is 32.1 Å². The van der Waals surface area contributed by atoms with Gasteiger partial charge in [0.25, 0.3) is 5.91 Å². The average molecular weight is 490 g/mol. The summed E-state index contributed by atoms with van der Waals surface area (Å²) in [6.07, 6.45) is -0.0358. The minimum absolute atomic E-state index is 0.0919. The molecular formula is C27H24ClN3O4. The van der Waals surface area contributed by atoms with E-state index in [4.69, 9.17) is 11.6 Å². The standard InChI is InChI=1S/C27H24ClN3O4/c1-18(32)29-21-11-13-22(14-12-21)31-26(34)16-24(27(31)35)30(17-20-9-5-6-10-23(20)28)25(33)15-19-7-3-2-4-8-19/h2-14,24H,15-17H2,1H3,(H,29,32). The second-order valence-corrected chi connectivity index (χ2v) is 8.70. The van der Waals surface area contributed by atoms with Crippen molar-refractivity contribution in [3.05, 3.63) is 95.0 Å². The molecule has 4 rings (SSSR count). The summed E-state index contributed by atoms with van der Waals surface area (Å²) in [7, 11) is 0. The van der Waals surface area contributed by atoms with Crippen LogP contribution in [0.5, 0.6) is 0 Å². The first-order valence-electron chi connectivity index (χ1n) is 11.1. The van der Waals surface area contributed by atoms with Crippen molar-refractivity contribution in [2.75, 3.05) is 10.2 Å². The van der Waals surface area contributed by atoms with Crippen LogP contribution >= 0.6 is 11.6 Å². The molecule has 4 amide bonds. The summed E-state index contributed by atoms with van der Waals surface area (Å²) in [6.45, 7) is 1.50. The summed E-state index contributed by atoms with van der Waals surface area (Å²) in [6, 6.07) is 21.8. The minimum atomic E-state index is -0.954. The van der Waals surface area contributed by atoms with Gasteiger partial charge in [0.2, 0.25) is 17.7 Å².